The molecule has 0 fully saturated rings. The van der Waals surface area contributed by atoms with E-state index in [4.69, 9.17) is 23.3 Å². The second-order valence-corrected chi connectivity index (χ2v) is 22.3. The second-order valence-electron chi connectivity index (χ2n) is 15.4. The zero-order valence-electron chi connectivity index (χ0n) is 37.9. The fraction of sp³-hybridized carbons (Fsp3) is 0.396. The molecule has 350 valence electrons. The van der Waals surface area contributed by atoms with Crippen LogP contribution in [-0.4, -0.2) is 79.2 Å². The minimum atomic E-state index is -3.86. The van der Waals surface area contributed by atoms with Crippen molar-refractivity contribution in [3.63, 3.8) is 0 Å². The molecule has 0 bridgehead atoms. The molecule has 12 nitrogen and oxygen atoms in total. The lowest BCUT2D eigenvalue weighted by Crippen LogP contribution is -2.39. The number of ether oxygens (including phenoxy) is 3. The van der Waals surface area contributed by atoms with E-state index in [0.717, 1.165) is 11.1 Å². The van der Waals surface area contributed by atoms with Crippen LogP contribution in [0.2, 0.25) is 0 Å². The molecule has 0 amide bonds. The third-order valence-electron chi connectivity index (χ3n) is 10.4. The molecule has 0 aliphatic heterocycles. The molecule has 0 saturated carbocycles. The van der Waals surface area contributed by atoms with Gasteiger partial charge in [0, 0.05) is 33.2 Å². The summed E-state index contributed by atoms with van der Waals surface area (Å²) in [5.41, 5.74) is 2.82. The van der Waals surface area contributed by atoms with Crippen LogP contribution in [0.5, 0.6) is 0 Å². The number of hydrogen-bond acceptors (Lipinski definition) is 15. The van der Waals surface area contributed by atoms with Gasteiger partial charge in [-0.1, -0.05) is 67.6 Å². The van der Waals surface area contributed by atoms with Gasteiger partial charge in [-0.15, -0.1) is 23.5 Å². The van der Waals surface area contributed by atoms with Crippen molar-refractivity contribution in [3.8, 4) is 0 Å². The quantitative estimate of drug-likeness (QED) is 0.0274. The molecule has 0 N–H and O–H groups in total. The van der Waals surface area contributed by atoms with Gasteiger partial charge in [0.05, 0.1) is 35.9 Å². The van der Waals surface area contributed by atoms with Crippen LogP contribution in [0.4, 0.5) is 0 Å². The van der Waals surface area contributed by atoms with E-state index in [2.05, 4.69) is 12.6 Å². The summed E-state index contributed by atoms with van der Waals surface area (Å²) in [5, 5.41) is 0.671. The summed E-state index contributed by atoms with van der Waals surface area (Å²) in [5.74, 6) is -0.943. The number of aryl methyl sites for hydroxylation is 4. The molecule has 0 saturated heterocycles. The van der Waals surface area contributed by atoms with Crippen molar-refractivity contribution in [2.45, 2.75) is 66.4 Å². The Bertz CT molecular complexity index is 2210. The Morgan fingerprint density at radius 2 is 0.892 bits per heavy atom. The van der Waals surface area contributed by atoms with E-state index < -0.39 is 49.1 Å². The van der Waals surface area contributed by atoms with Crippen LogP contribution in [0.3, 0.4) is 0 Å². The minimum Gasteiger partial charge on any atom is -0.464 e. The summed E-state index contributed by atoms with van der Waals surface area (Å²) in [6, 6.07) is 24.3. The number of thiol groups is 1. The zero-order chi connectivity index (χ0) is 47.8. The molecule has 17 heteroatoms. The van der Waals surface area contributed by atoms with Crippen LogP contribution in [0.25, 0.3) is 0 Å². The number of rotatable bonds is 26. The predicted octanol–water partition coefficient (Wildman–Crippen LogP) is 9.60. The highest BCUT2D eigenvalue weighted by atomic mass is 32.2. The molecule has 4 aromatic carbocycles. The molecular weight excluding hydrogens is 927 g/mol. The van der Waals surface area contributed by atoms with Gasteiger partial charge in [-0.05, 0) is 106 Å². The topological polar surface area (TPSA) is 166 Å². The number of thioether (sulfide) groups is 2. The van der Waals surface area contributed by atoms with Gasteiger partial charge in [0.1, 0.15) is 19.8 Å². The maximum atomic E-state index is 14.0. The molecule has 0 radical (unpaired) electrons. The minimum absolute atomic E-state index is 0.00802. The molecule has 0 aliphatic rings. The van der Waals surface area contributed by atoms with E-state index in [0.29, 0.717) is 61.9 Å². The smallest absolute Gasteiger partial charge is 0.315 e. The largest absolute Gasteiger partial charge is 0.464 e. The standard InChI is InChI=1S/C48H58O12P2S3/c1-8-48(30-56-41(49)25-63,31-57-42(50)28-64-26-37-21-33(4)44(34(5)22-37)46(52)61(54,59-9-2)39-17-13-11-14-18-39)32-58-43(51)29-65-27-38-23-35(6)45(36(7)24-38)47(53)62(55,60-10-3)40-19-15-12-16-20-40/h11-24,63H,8-10,25-32H2,1-7H3. The Hall–Kier alpha value is -3.94. The Kier molecular flexibility index (Phi) is 20.9. The first-order chi connectivity index (χ1) is 31.0. The van der Waals surface area contributed by atoms with Crippen LogP contribution < -0.4 is 10.6 Å². The highest BCUT2D eigenvalue weighted by molar-refractivity contribution is 7.99. The first-order valence-electron chi connectivity index (χ1n) is 21.1. The number of carbonyl (C=O) groups excluding carboxylic acids is 5. The van der Waals surface area contributed by atoms with Crippen LogP contribution in [0.1, 0.15) is 81.3 Å². The van der Waals surface area contributed by atoms with Gasteiger partial charge in [0.25, 0.3) is 11.0 Å². The molecule has 4 aromatic rings. The van der Waals surface area contributed by atoms with E-state index in [1.165, 1.54) is 23.5 Å². The van der Waals surface area contributed by atoms with Gasteiger partial charge >= 0.3 is 32.6 Å². The normalized spacial score (nSPS) is 14.0. The summed E-state index contributed by atoms with van der Waals surface area (Å²) >= 11 is 6.61. The maximum Gasteiger partial charge on any atom is 0.315 e. The van der Waals surface area contributed by atoms with Gasteiger partial charge in [0.2, 0.25) is 0 Å². The Morgan fingerprint density at radius 3 is 1.20 bits per heavy atom. The maximum absolute atomic E-state index is 14.0. The third-order valence-corrected chi connectivity index (χ3v) is 17.4. The molecule has 2 unspecified atom stereocenters. The van der Waals surface area contributed by atoms with Crippen molar-refractivity contribution in [2.24, 2.45) is 5.41 Å². The summed E-state index contributed by atoms with van der Waals surface area (Å²) in [6.45, 7) is 12.0. The van der Waals surface area contributed by atoms with E-state index in [1.54, 1.807) is 102 Å². The van der Waals surface area contributed by atoms with Crippen molar-refractivity contribution in [3.05, 3.63) is 129 Å². The number of carbonyl (C=O) groups is 5. The molecule has 4 rings (SSSR count). The molecule has 0 heterocycles. The SMILES string of the molecule is CCOP(=O)(C(=O)c1c(C)cc(CSCC(=O)OCC(CC)(COC(=O)CS)COC(=O)CSCc2cc(C)c(C(=O)P(=O)(OCC)c3ccccc3)c(C)c2)cc1C)c1ccccc1. The van der Waals surface area contributed by atoms with E-state index >= 15 is 0 Å². The summed E-state index contributed by atoms with van der Waals surface area (Å²) in [4.78, 5) is 65.7. The molecule has 65 heavy (non-hydrogen) atoms. The second kappa shape index (κ2) is 25.3. The number of benzene rings is 4. The van der Waals surface area contributed by atoms with Crippen LogP contribution in [0.15, 0.2) is 84.9 Å². The van der Waals surface area contributed by atoms with E-state index in [1.807, 2.05) is 31.2 Å². The lowest BCUT2D eigenvalue weighted by molar-refractivity contribution is -0.158. The fourth-order valence-corrected chi connectivity index (χ4v) is 12.9. The Labute approximate surface area is 396 Å². The predicted molar refractivity (Wildman–Crippen MR) is 263 cm³/mol. The van der Waals surface area contributed by atoms with Crippen LogP contribution in [0, 0.1) is 33.1 Å². The van der Waals surface area contributed by atoms with Crippen LogP contribution in [-0.2, 0) is 58.3 Å². The molecule has 0 spiro atoms. The van der Waals surface area contributed by atoms with Crippen molar-refractivity contribution < 1.29 is 56.4 Å². The third kappa shape index (κ3) is 14.3. The van der Waals surface area contributed by atoms with E-state index in [-0.39, 0.29) is 50.3 Å². The number of hydrogen-bond donors (Lipinski definition) is 1. The average Bonchev–Trinajstić information content (AvgIpc) is 3.29. The summed E-state index contributed by atoms with van der Waals surface area (Å²) in [7, 11) is -7.71. The molecule has 0 aliphatic carbocycles. The van der Waals surface area contributed by atoms with E-state index in [9.17, 15) is 33.1 Å². The van der Waals surface area contributed by atoms with Gasteiger partial charge in [-0.25, -0.2) is 0 Å². The summed E-state index contributed by atoms with van der Waals surface area (Å²) in [6.07, 6.45) is 0.349. The van der Waals surface area contributed by atoms with Crippen molar-refractivity contribution >= 4 is 90.5 Å². The Balaban J connectivity index is 1.33. The molecule has 0 aromatic heterocycles. The highest BCUT2D eigenvalue weighted by Gasteiger charge is 2.39. The van der Waals surface area contributed by atoms with Crippen molar-refractivity contribution in [2.75, 3.05) is 50.3 Å². The lowest BCUT2D eigenvalue weighted by Gasteiger charge is -2.31. The molecular formula is C48H58O12P2S3. The molecule has 2 atom stereocenters. The average molecular weight is 985 g/mol. The highest BCUT2D eigenvalue weighted by Crippen LogP contribution is 2.51. The fourth-order valence-electron chi connectivity index (χ4n) is 7.12. The zero-order valence-corrected chi connectivity index (χ0v) is 42.2. The van der Waals surface area contributed by atoms with Gasteiger partial charge in [-0.2, -0.15) is 12.6 Å². The van der Waals surface area contributed by atoms with Crippen molar-refractivity contribution in [1.29, 1.82) is 0 Å². The Morgan fingerprint density at radius 1 is 0.554 bits per heavy atom. The number of esters is 3. The monoisotopic (exact) mass is 984 g/mol. The first-order valence-corrected chi connectivity index (χ1v) is 27.3. The van der Waals surface area contributed by atoms with Gasteiger partial charge in [-0.3, -0.25) is 33.1 Å². The van der Waals surface area contributed by atoms with Crippen molar-refractivity contribution in [1.82, 2.24) is 0 Å². The van der Waals surface area contributed by atoms with Crippen LogP contribution >= 0.6 is 50.9 Å². The lowest BCUT2D eigenvalue weighted by atomic mass is 9.88. The van der Waals surface area contributed by atoms with Gasteiger partial charge < -0.3 is 23.3 Å². The first kappa shape index (κ1) is 53.7. The van der Waals surface area contributed by atoms with Gasteiger partial charge in [0.15, 0.2) is 0 Å². The summed E-state index contributed by atoms with van der Waals surface area (Å²) < 4.78 is 55.9.